The number of amides is 1. The third-order valence-corrected chi connectivity index (χ3v) is 4.58. The molecule has 1 aromatic heterocycles. The average Bonchev–Trinajstić information content (AvgIpc) is 3.13. The summed E-state index contributed by atoms with van der Waals surface area (Å²) in [4.78, 5) is 12.4. The molecule has 0 bridgehead atoms. The first kappa shape index (κ1) is 16.5. The lowest BCUT2D eigenvalue weighted by molar-refractivity contribution is -0.00119. The standard InChI is InChI=1S/C21H21N3O2/c25-21(22-12-11-16-7-3-1-4-8-16)19-13-18-15-26-20(14-24(18)23-19)17-9-5-2-6-10-17/h1-10,13,20H,11-12,14-15H2,(H,22,25)/t20-/m0/s1. The minimum Gasteiger partial charge on any atom is -0.365 e. The number of hydrogen-bond donors (Lipinski definition) is 1. The van der Waals surface area contributed by atoms with E-state index in [-0.39, 0.29) is 12.0 Å². The molecular weight excluding hydrogens is 326 g/mol. The van der Waals surface area contributed by atoms with Gasteiger partial charge in [0.2, 0.25) is 0 Å². The van der Waals surface area contributed by atoms with E-state index in [0.717, 1.165) is 17.7 Å². The van der Waals surface area contributed by atoms with Crippen LogP contribution in [0.3, 0.4) is 0 Å². The summed E-state index contributed by atoms with van der Waals surface area (Å²) in [6, 6.07) is 22.0. The molecule has 3 aromatic rings. The summed E-state index contributed by atoms with van der Waals surface area (Å²) >= 11 is 0. The van der Waals surface area contributed by atoms with Gasteiger partial charge >= 0.3 is 0 Å². The lowest BCUT2D eigenvalue weighted by Crippen LogP contribution is -2.26. The van der Waals surface area contributed by atoms with Crippen molar-refractivity contribution in [3.63, 3.8) is 0 Å². The SMILES string of the molecule is O=C(NCCc1ccccc1)c1cc2n(n1)C[C@@H](c1ccccc1)OC2. The third kappa shape index (κ3) is 3.68. The van der Waals surface area contributed by atoms with E-state index in [1.165, 1.54) is 5.56 Å². The van der Waals surface area contributed by atoms with Gasteiger partial charge in [0, 0.05) is 6.54 Å². The summed E-state index contributed by atoms with van der Waals surface area (Å²) in [5.74, 6) is -0.140. The first-order valence-electron chi connectivity index (χ1n) is 8.85. The van der Waals surface area contributed by atoms with Crippen LogP contribution < -0.4 is 5.32 Å². The molecule has 5 nitrogen and oxygen atoms in total. The highest BCUT2D eigenvalue weighted by atomic mass is 16.5. The van der Waals surface area contributed by atoms with Crippen molar-refractivity contribution in [2.75, 3.05) is 6.54 Å². The van der Waals surface area contributed by atoms with Crippen molar-refractivity contribution in [2.45, 2.75) is 25.7 Å². The minimum absolute atomic E-state index is 0.0300. The summed E-state index contributed by atoms with van der Waals surface area (Å²) in [6.45, 7) is 1.68. The maximum Gasteiger partial charge on any atom is 0.271 e. The second kappa shape index (κ2) is 7.54. The topological polar surface area (TPSA) is 56.2 Å². The van der Waals surface area contributed by atoms with Gasteiger partial charge in [-0.15, -0.1) is 0 Å². The molecule has 0 fully saturated rings. The van der Waals surface area contributed by atoms with Crippen LogP contribution in [0.4, 0.5) is 0 Å². The number of fused-ring (bicyclic) bond motifs is 1. The molecule has 5 heteroatoms. The van der Waals surface area contributed by atoms with Crippen LogP contribution in [-0.2, 0) is 24.3 Å². The van der Waals surface area contributed by atoms with Crippen LogP contribution in [0, 0.1) is 0 Å². The number of nitrogens with zero attached hydrogens (tertiary/aromatic N) is 2. The molecule has 0 saturated heterocycles. The number of ether oxygens (including phenoxy) is 1. The Bertz CT molecular complexity index is 875. The Kier molecular flexibility index (Phi) is 4.80. The molecule has 1 amide bonds. The van der Waals surface area contributed by atoms with Crippen molar-refractivity contribution in [2.24, 2.45) is 0 Å². The lowest BCUT2D eigenvalue weighted by Gasteiger charge is -2.24. The summed E-state index contributed by atoms with van der Waals surface area (Å²) in [7, 11) is 0. The van der Waals surface area contributed by atoms with Gasteiger partial charge in [0.25, 0.3) is 5.91 Å². The van der Waals surface area contributed by atoms with Gasteiger partial charge in [-0.1, -0.05) is 60.7 Å². The smallest absolute Gasteiger partial charge is 0.271 e. The molecule has 132 valence electrons. The van der Waals surface area contributed by atoms with E-state index in [0.29, 0.717) is 25.4 Å². The van der Waals surface area contributed by atoms with Gasteiger partial charge in [-0.25, -0.2) is 0 Å². The number of carbonyl (C=O) groups excluding carboxylic acids is 1. The number of carbonyl (C=O) groups is 1. The molecule has 26 heavy (non-hydrogen) atoms. The first-order valence-corrected chi connectivity index (χ1v) is 8.85. The largest absolute Gasteiger partial charge is 0.365 e. The van der Waals surface area contributed by atoms with E-state index in [4.69, 9.17) is 4.74 Å². The lowest BCUT2D eigenvalue weighted by atomic mass is 10.1. The molecule has 1 atom stereocenters. The van der Waals surface area contributed by atoms with Crippen molar-refractivity contribution in [1.82, 2.24) is 15.1 Å². The van der Waals surface area contributed by atoms with Gasteiger partial charge in [-0.05, 0) is 23.6 Å². The highest BCUT2D eigenvalue weighted by Gasteiger charge is 2.23. The molecule has 0 spiro atoms. The van der Waals surface area contributed by atoms with E-state index >= 15 is 0 Å². The summed E-state index contributed by atoms with van der Waals surface area (Å²) in [5, 5.41) is 7.42. The molecule has 4 rings (SSSR count). The summed E-state index contributed by atoms with van der Waals surface area (Å²) in [6.07, 6.45) is 0.775. The van der Waals surface area contributed by atoms with E-state index in [2.05, 4.69) is 34.7 Å². The predicted molar refractivity (Wildman–Crippen MR) is 98.7 cm³/mol. The summed E-state index contributed by atoms with van der Waals surface area (Å²) in [5.41, 5.74) is 3.72. The fraction of sp³-hybridized carbons (Fsp3) is 0.238. The van der Waals surface area contributed by atoms with Crippen molar-refractivity contribution in [3.05, 3.63) is 89.2 Å². The molecule has 1 aliphatic rings. The van der Waals surface area contributed by atoms with Gasteiger partial charge in [0.15, 0.2) is 5.69 Å². The molecule has 2 heterocycles. The van der Waals surface area contributed by atoms with Crippen molar-refractivity contribution in [1.29, 1.82) is 0 Å². The maximum absolute atomic E-state index is 12.4. The molecule has 0 saturated carbocycles. The maximum atomic E-state index is 12.4. The van der Waals surface area contributed by atoms with Crippen LogP contribution in [0.5, 0.6) is 0 Å². The first-order chi connectivity index (χ1) is 12.8. The Morgan fingerprint density at radius 3 is 2.62 bits per heavy atom. The van der Waals surface area contributed by atoms with E-state index in [9.17, 15) is 4.79 Å². The Hall–Kier alpha value is -2.92. The second-order valence-electron chi connectivity index (χ2n) is 6.40. The average molecular weight is 347 g/mol. The van der Waals surface area contributed by atoms with Crippen LogP contribution in [0.2, 0.25) is 0 Å². The molecule has 0 radical (unpaired) electrons. The van der Waals surface area contributed by atoms with Gasteiger partial charge in [0.05, 0.1) is 18.8 Å². The van der Waals surface area contributed by atoms with Crippen LogP contribution in [0.25, 0.3) is 0 Å². The Labute approximate surface area is 152 Å². The third-order valence-electron chi connectivity index (χ3n) is 4.58. The minimum atomic E-state index is -0.140. The molecule has 1 N–H and O–H groups in total. The van der Waals surface area contributed by atoms with Crippen molar-refractivity contribution >= 4 is 5.91 Å². The Morgan fingerprint density at radius 2 is 1.85 bits per heavy atom. The monoisotopic (exact) mass is 347 g/mol. The normalized spacial score (nSPS) is 16.1. The highest BCUT2D eigenvalue weighted by Crippen LogP contribution is 2.26. The number of rotatable bonds is 5. The van der Waals surface area contributed by atoms with Crippen LogP contribution in [-0.4, -0.2) is 22.2 Å². The van der Waals surface area contributed by atoms with Crippen LogP contribution >= 0.6 is 0 Å². The molecule has 1 aliphatic heterocycles. The fourth-order valence-corrected chi connectivity index (χ4v) is 3.16. The molecule has 2 aromatic carbocycles. The summed E-state index contributed by atoms with van der Waals surface area (Å²) < 4.78 is 7.81. The van der Waals surface area contributed by atoms with E-state index in [1.807, 2.05) is 47.1 Å². The quantitative estimate of drug-likeness (QED) is 0.771. The van der Waals surface area contributed by atoms with E-state index < -0.39 is 0 Å². The Morgan fingerprint density at radius 1 is 1.12 bits per heavy atom. The van der Waals surface area contributed by atoms with Crippen molar-refractivity contribution < 1.29 is 9.53 Å². The fourth-order valence-electron chi connectivity index (χ4n) is 3.16. The number of benzene rings is 2. The van der Waals surface area contributed by atoms with Gasteiger partial charge in [-0.3, -0.25) is 9.48 Å². The number of hydrogen-bond acceptors (Lipinski definition) is 3. The highest BCUT2D eigenvalue weighted by molar-refractivity contribution is 5.92. The van der Waals surface area contributed by atoms with Crippen molar-refractivity contribution in [3.8, 4) is 0 Å². The van der Waals surface area contributed by atoms with Crippen LogP contribution in [0.15, 0.2) is 66.7 Å². The zero-order chi connectivity index (χ0) is 17.8. The van der Waals surface area contributed by atoms with Gasteiger partial charge in [0.1, 0.15) is 6.10 Å². The zero-order valence-corrected chi connectivity index (χ0v) is 14.5. The number of aromatic nitrogens is 2. The molecular formula is C21H21N3O2. The van der Waals surface area contributed by atoms with Gasteiger partial charge < -0.3 is 10.1 Å². The van der Waals surface area contributed by atoms with Gasteiger partial charge in [-0.2, -0.15) is 5.10 Å². The van der Waals surface area contributed by atoms with Crippen LogP contribution in [0.1, 0.15) is 33.4 Å². The molecule has 0 unspecified atom stereocenters. The second-order valence-corrected chi connectivity index (χ2v) is 6.40. The zero-order valence-electron chi connectivity index (χ0n) is 14.5. The Balaban J connectivity index is 1.37. The number of nitrogens with one attached hydrogen (secondary N) is 1. The van der Waals surface area contributed by atoms with E-state index in [1.54, 1.807) is 0 Å². The predicted octanol–water partition coefficient (Wildman–Crippen LogP) is 3.13. The molecule has 0 aliphatic carbocycles.